The van der Waals surface area contributed by atoms with Crippen molar-refractivity contribution in [2.75, 3.05) is 7.11 Å². The minimum absolute atomic E-state index is 0.0325. The smallest absolute Gasteiger partial charge is 0.322 e. The average molecular weight is 143 g/mol. The molecule has 1 rings (SSSR count). The Bertz CT molecular complexity index is 130. The summed E-state index contributed by atoms with van der Waals surface area (Å²) in [5.41, 5.74) is 0. The first kappa shape index (κ1) is 7.54. The predicted molar refractivity (Wildman–Crippen MR) is 37.6 cm³/mol. The Morgan fingerprint density at radius 2 is 2.40 bits per heavy atom. The van der Waals surface area contributed by atoms with E-state index >= 15 is 0 Å². The fraction of sp³-hybridized carbons (Fsp3) is 0.857. The van der Waals surface area contributed by atoms with Gasteiger partial charge in [-0.1, -0.05) is 6.92 Å². The summed E-state index contributed by atoms with van der Waals surface area (Å²) in [4.78, 5) is 10.8. The fourth-order valence-electron chi connectivity index (χ4n) is 1.14. The first-order valence-corrected chi connectivity index (χ1v) is 3.61. The Balaban J connectivity index is 2.19. The molecule has 1 heterocycles. The summed E-state index contributed by atoms with van der Waals surface area (Å²) < 4.78 is 4.55. The first-order valence-electron chi connectivity index (χ1n) is 3.61. The molecule has 1 N–H and O–H groups in total. The molecule has 1 saturated heterocycles. The zero-order valence-corrected chi connectivity index (χ0v) is 6.39. The van der Waals surface area contributed by atoms with Crippen LogP contribution < -0.4 is 5.32 Å². The summed E-state index contributed by atoms with van der Waals surface area (Å²) in [5, 5.41) is 3.11. The standard InChI is InChI=1S/C7H13NO2/c1-3-5-4-6(8-5)7(9)10-2/h5-6,8H,3-4H2,1-2H3. The summed E-state index contributed by atoms with van der Waals surface area (Å²) in [7, 11) is 1.42. The molecule has 1 fully saturated rings. The molecule has 2 atom stereocenters. The Labute approximate surface area is 60.7 Å². The Morgan fingerprint density at radius 3 is 2.80 bits per heavy atom. The molecule has 0 aromatic heterocycles. The van der Waals surface area contributed by atoms with Gasteiger partial charge in [-0.3, -0.25) is 4.79 Å². The highest BCUT2D eigenvalue weighted by Gasteiger charge is 2.32. The van der Waals surface area contributed by atoms with Gasteiger partial charge in [-0.25, -0.2) is 0 Å². The maximum atomic E-state index is 10.8. The number of esters is 1. The summed E-state index contributed by atoms with van der Waals surface area (Å²) >= 11 is 0. The van der Waals surface area contributed by atoms with Crippen molar-refractivity contribution < 1.29 is 9.53 Å². The lowest BCUT2D eigenvalue weighted by Crippen LogP contribution is -2.56. The summed E-state index contributed by atoms with van der Waals surface area (Å²) in [6, 6.07) is 0.499. The first-order chi connectivity index (χ1) is 4.77. The zero-order valence-electron chi connectivity index (χ0n) is 6.39. The van der Waals surface area contributed by atoms with E-state index in [0.717, 1.165) is 12.8 Å². The molecule has 0 radical (unpaired) electrons. The van der Waals surface area contributed by atoms with Crippen LogP contribution >= 0.6 is 0 Å². The van der Waals surface area contributed by atoms with Gasteiger partial charge in [0.25, 0.3) is 0 Å². The molecule has 0 aliphatic carbocycles. The lowest BCUT2D eigenvalue weighted by atomic mass is 9.95. The molecule has 0 aromatic carbocycles. The molecule has 1 aliphatic heterocycles. The van der Waals surface area contributed by atoms with Crippen molar-refractivity contribution in [3.63, 3.8) is 0 Å². The van der Waals surface area contributed by atoms with Crippen molar-refractivity contribution in [2.24, 2.45) is 0 Å². The van der Waals surface area contributed by atoms with Crippen molar-refractivity contribution in [1.82, 2.24) is 5.32 Å². The Morgan fingerprint density at radius 1 is 1.80 bits per heavy atom. The van der Waals surface area contributed by atoms with Gasteiger partial charge >= 0.3 is 5.97 Å². The quantitative estimate of drug-likeness (QED) is 0.565. The highest BCUT2D eigenvalue weighted by molar-refractivity contribution is 5.76. The van der Waals surface area contributed by atoms with Crippen LogP contribution in [0, 0.1) is 0 Å². The number of methoxy groups -OCH3 is 1. The second kappa shape index (κ2) is 3.01. The van der Waals surface area contributed by atoms with Crippen LogP contribution in [0.15, 0.2) is 0 Å². The van der Waals surface area contributed by atoms with Crippen LogP contribution in [0.5, 0.6) is 0 Å². The number of hydrogen-bond acceptors (Lipinski definition) is 3. The topological polar surface area (TPSA) is 38.3 Å². The van der Waals surface area contributed by atoms with Gasteiger partial charge in [0.05, 0.1) is 7.11 Å². The Kier molecular flexibility index (Phi) is 2.27. The van der Waals surface area contributed by atoms with Gasteiger partial charge in [0.2, 0.25) is 0 Å². The molecule has 0 bridgehead atoms. The zero-order chi connectivity index (χ0) is 7.56. The van der Waals surface area contributed by atoms with Gasteiger partial charge in [-0.2, -0.15) is 0 Å². The molecule has 3 nitrogen and oxygen atoms in total. The van der Waals surface area contributed by atoms with Crippen molar-refractivity contribution in [1.29, 1.82) is 0 Å². The number of carbonyl (C=O) groups is 1. The van der Waals surface area contributed by atoms with Crippen LogP contribution in [-0.2, 0) is 9.53 Å². The lowest BCUT2D eigenvalue weighted by molar-refractivity contribution is -0.146. The summed E-state index contributed by atoms with van der Waals surface area (Å²) in [6.45, 7) is 2.10. The monoisotopic (exact) mass is 143 g/mol. The third-order valence-electron chi connectivity index (χ3n) is 1.94. The Hall–Kier alpha value is -0.570. The van der Waals surface area contributed by atoms with Gasteiger partial charge in [-0.05, 0) is 12.8 Å². The maximum Gasteiger partial charge on any atom is 0.322 e. The molecule has 0 amide bonds. The minimum atomic E-state index is -0.135. The van der Waals surface area contributed by atoms with Crippen molar-refractivity contribution in [3.05, 3.63) is 0 Å². The number of ether oxygens (including phenoxy) is 1. The van der Waals surface area contributed by atoms with Crippen LogP contribution in [-0.4, -0.2) is 25.2 Å². The molecular weight excluding hydrogens is 130 g/mol. The van der Waals surface area contributed by atoms with Crippen LogP contribution in [0.25, 0.3) is 0 Å². The molecule has 0 spiro atoms. The SMILES string of the molecule is CCC1CC(C(=O)OC)N1. The molecule has 58 valence electrons. The molecule has 0 aromatic rings. The van der Waals surface area contributed by atoms with E-state index in [4.69, 9.17) is 0 Å². The molecule has 10 heavy (non-hydrogen) atoms. The van der Waals surface area contributed by atoms with Crippen molar-refractivity contribution >= 4 is 5.97 Å². The van der Waals surface area contributed by atoms with Gasteiger partial charge in [-0.15, -0.1) is 0 Å². The third kappa shape index (κ3) is 1.29. The minimum Gasteiger partial charge on any atom is -0.468 e. The third-order valence-corrected chi connectivity index (χ3v) is 1.94. The average Bonchev–Trinajstić information content (AvgIpc) is 1.85. The molecule has 0 saturated carbocycles. The predicted octanol–water partition coefficient (Wildman–Crippen LogP) is 0.300. The van der Waals surface area contributed by atoms with Gasteiger partial charge in [0, 0.05) is 6.04 Å². The fourth-order valence-corrected chi connectivity index (χ4v) is 1.14. The van der Waals surface area contributed by atoms with Gasteiger partial charge < -0.3 is 10.1 Å². The number of carbonyl (C=O) groups excluding carboxylic acids is 1. The highest BCUT2D eigenvalue weighted by atomic mass is 16.5. The number of hydrogen-bond donors (Lipinski definition) is 1. The van der Waals surface area contributed by atoms with E-state index in [0.29, 0.717) is 6.04 Å². The van der Waals surface area contributed by atoms with Crippen molar-refractivity contribution in [3.8, 4) is 0 Å². The molecule has 2 unspecified atom stereocenters. The molecule has 3 heteroatoms. The number of nitrogens with one attached hydrogen (secondary N) is 1. The van der Waals surface area contributed by atoms with E-state index in [1.807, 2.05) is 0 Å². The van der Waals surface area contributed by atoms with E-state index in [9.17, 15) is 4.79 Å². The van der Waals surface area contributed by atoms with E-state index in [1.54, 1.807) is 0 Å². The lowest BCUT2D eigenvalue weighted by Gasteiger charge is -2.34. The summed E-state index contributed by atoms with van der Waals surface area (Å²) in [5.74, 6) is -0.135. The van der Waals surface area contributed by atoms with E-state index in [1.165, 1.54) is 7.11 Å². The molecular formula is C7H13NO2. The van der Waals surface area contributed by atoms with Crippen LogP contribution in [0.1, 0.15) is 19.8 Å². The highest BCUT2D eigenvalue weighted by Crippen LogP contribution is 2.14. The second-order valence-corrected chi connectivity index (χ2v) is 2.58. The van der Waals surface area contributed by atoms with Crippen molar-refractivity contribution in [2.45, 2.75) is 31.8 Å². The molecule has 1 aliphatic rings. The second-order valence-electron chi connectivity index (χ2n) is 2.58. The van der Waals surface area contributed by atoms with Gasteiger partial charge in [0.1, 0.15) is 6.04 Å². The van der Waals surface area contributed by atoms with Crippen LogP contribution in [0.4, 0.5) is 0 Å². The van der Waals surface area contributed by atoms with Gasteiger partial charge in [0.15, 0.2) is 0 Å². The largest absolute Gasteiger partial charge is 0.468 e. The van der Waals surface area contributed by atoms with Crippen LogP contribution in [0.2, 0.25) is 0 Å². The summed E-state index contributed by atoms with van der Waals surface area (Å²) in [6.07, 6.45) is 2.02. The van der Waals surface area contributed by atoms with E-state index in [-0.39, 0.29) is 12.0 Å². The normalized spacial score (nSPS) is 31.0. The van der Waals surface area contributed by atoms with E-state index in [2.05, 4.69) is 17.0 Å². The van der Waals surface area contributed by atoms with Crippen LogP contribution in [0.3, 0.4) is 0 Å². The van der Waals surface area contributed by atoms with E-state index < -0.39 is 0 Å². The maximum absolute atomic E-state index is 10.8. The number of rotatable bonds is 2.